The molecule has 3 aromatic heterocycles. The number of anilines is 1. The first-order chi connectivity index (χ1) is 9.19. The molecule has 0 radical (unpaired) electrons. The lowest BCUT2D eigenvalue weighted by molar-refractivity contribution is 0.716. The van der Waals surface area contributed by atoms with Crippen LogP contribution < -0.4 is 16.1 Å². The van der Waals surface area contributed by atoms with E-state index in [1.807, 2.05) is 23.8 Å². The van der Waals surface area contributed by atoms with Gasteiger partial charge in [0.2, 0.25) is 0 Å². The molecule has 0 aliphatic carbocycles. The van der Waals surface area contributed by atoms with Gasteiger partial charge in [0.1, 0.15) is 4.83 Å². The van der Waals surface area contributed by atoms with Crippen LogP contribution in [-0.2, 0) is 6.54 Å². The van der Waals surface area contributed by atoms with Crippen molar-refractivity contribution in [3.05, 3.63) is 38.0 Å². The summed E-state index contributed by atoms with van der Waals surface area (Å²) < 4.78 is 1.65. The number of nitrogens with two attached hydrogens (primary N) is 1. The number of nitrogens with zero attached hydrogens (tertiary/aromatic N) is 3. The van der Waals surface area contributed by atoms with Gasteiger partial charge in [-0.25, -0.2) is 15.8 Å². The minimum absolute atomic E-state index is 0.00497. The highest BCUT2D eigenvalue weighted by Gasteiger charge is 2.10. The average Bonchev–Trinajstić information content (AvgIpc) is 2.99. The van der Waals surface area contributed by atoms with Crippen LogP contribution >= 0.6 is 22.7 Å². The number of rotatable bonds is 3. The molecule has 6 nitrogen and oxygen atoms in total. The number of aromatic nitrogens is 3. The molecule has 3 rings (SSSR count). The number of nitrogens with one attached hydrogen (secondary N) is 1. The van der Waals surface area contributed by atoms with Crippen LogP contribution in [0.4, 0.5) is 5.82 Å². The van der Waals surface area contributed by atoms with Crippen molar-refractivity contribution in [2.75, 3.05) is 5.43 Å². The second kappa shape index (κ2) is 4.72. The van der Waals surface area contributed by atoms with Gasteiger partial charge in [-0.15, -0.1) is 11.3 Å². The third-order valence-corrected chi connectivity index (χ3v) is 4.47. The fourth-order valence-electron chi connectivity index (χ4n) is 1.82. The molecule has 0 amide bonds. The van der Waals surface area contributed by atoms with Crippen molar-refractivity contribution in [3.63, 3.8) is 0 Å². The molecule has 0 saturated heterocycles. The van der Waals surface area contributed by atoms with Gasteiger partial charge < -0.3 is 5.43 Å². The normalized spacial score (nSPS) is 11.1. The van der Waals surface area contributed by atoms with Gasteiger partial charge in [-0.2, -0.15) is 0 Å². The van der Waals surface area contributed by atoms with Crippen molar-refractivity contribution in [2.45, 2.75) is 13.5 Å². The van der Waals surface area contributed by atoms with Crippen molar-refractivity contribution >= 4 is 38.7 Å². The van der Waals surface area contributed by atoms with E-state index in [0.717, 1.165) is 15.9 Å². The van der Waals surface area contributed by atoms with E-state index < -0.39 is 0 Å². The Morgan fingerprint density at radius 1 is 1.42 bits per heavy atom. The summed E-state index contributed by atoms with van der Waals surface area (Å²) in [6.07, 6.45) is 0. The molecule has 3 aromatic rings. The van der Waals surface area contributed by atoms with Crippen LogP contribution in [0.2, 0.25) is 0 Å². The van der Waals surface area contributed by atoms with E-state index in [1.165, 1.54) is 22.7 Å². The van der Waals surface area contributed by atoms with Crippen molar-refractivity contribution in [1.82, 2.24) is 14.5 Å². The Bertz CT molecular complexity index is 788. The first-order valence-corrected chi connectivity index (χ1v) is 7.30. The number of hydrogen-bond acceptors (Lipinski definition) is 7. The second-order valence-corrected chi connectivity index (χ2v) is 5.72. The largest absolute Gasteiger partial charge is 0.308 e. The molecule has 0 atom stereocenters. The first-order valence-electron chi connectivity index (χ1n) is 5.54. The Balaban J connectivity index is 2.08. The predicted molar refractivity (Wildman–Crippen MR) is 77.6 cm³/mol. The molecule has 0 unspecified atom stereocenters. The van der Waals surface area contributed by atoms with Crippen LogP contribution in [-0.4, -0.2) is 14.5 Å². The van der Waals surface area contributed by atoms with E-state index in [4.69, 9.17) is 5.84 Å². The van der Waals surface area contributed by atoms with Gasteiger partial charge in [-0.3, -0.25) is 9.36 Å². The fraction of sp³-hybridized carbons (Fsp3) is 0.182. The predicted octanol–water partition coefficient (Wildman–Crippen LogP) is 1.56. The summed E-state index contributed by atoms with van der Waals surface area (Å²) in [5.41, 5.74) is 3.49. The van der Waals surface area contributed by atoms with Gasteiger partial charge in [0, 0.05) is 11.1 Å². The van der Waals surface area contributed by atoms with Gasteiger partial charge in [-0.1, -0.05) is 11.3 Å². The minimum atomic E-state index is -0.00497. The van der Waals surface area contributed by atoms with Crippen molar-refractivity contribution in [2.24, 2.45) is 5.84 Å². The molecule has 0 saturated carbocycles. The smallest absolute Gasteiger partial charge is 0.307 e. The summed E-state index contributed by atoms with van der Waals surface area (Å²) in [7, 11) is 0. The molecule has 0 aromatic carbocycles. The van der Waals surface area contributed by atoms with Gasteiger partial charge >= 0.3 is 4.87 Å². The van der Waals surface area contributed by atoms with E-state index in [0.29, 0.717) is 18.2 Å². The minimum Gasteiger partial charge on any atom is -0.308 e. The summed E-state index contributed by atoms with van der Waals surface area (Å²) in [6.45, 7) is 2.25. The lowest BCUT2D eigenvalue weighted by Crippen LogP contribution is -2.18. The maximum atomic E-state index is 11.7. The Morgan fingerprint density at radius 2 is 2.26 bits per heavy atom. The third-order valence-electron chi connectivity index (χ3n) is 2.78. The topological polar surface area (TPSA) is 85.8 Å². The summed E-state index contributed by atoms with van der Waals surface area (Å²) in [4.78, 5) is 21.4. The van der Waals surface area contributed by atoms with Crippen LogP contribution in [0.1, 0.15) is 11.5 Å². The number of thiazole rings is 1. The van der Waals surface area contributed by atoms with Crippen LogP contribution in [0.15, 0.2) is 21.6 Å². The molecule has 19 heavy (non-hydrogen) atoms. The Morgan fingerprint density at radius 3 is 2.95 bits per heavy atom. The van der Waals surface area contributed by atoms with E-state index >= 15 is 0 Å². The van der Waals surface area contributed by atoms with Crippen LogP contribution in [0, 0.1) is 6.92 Å². The number of thiophene rings is 1. The van der Waals surface area contributed by atoms with Crippen LogP contribution in [0.25, 0.3) is 10.2 Å². The molecule has 98 valence electrons. The molecule has 3 N–H and O–H groups in total. The molecular weight excluding hydrogens is 282 g/mol. The molecular formula is C11H11N5OS2. The SMILES string of the molecule is Cc1csc(=O)n1Cc1nc(NN)c2ccsc2n1. The molecule has 0 spiro atoms. The zero-order valence-electron chi connectivity index (χ0n) is 10.1. The number of nitrogen functional groups attached to an aromatic ring is 1. The monoisotopic (exact) mass is 293 g/mol. The third kappa shape index (κ3) is 2.14. The number of hydrazine groups is 1. The number of hydrogen-bond donors (Lipinski definition) is 2. The van der Waals surface area contributed by atoms with E-state index in [9.17, 15) is 4.79 Å². The van der Waals surface area contributed by atoms with Crippen molar-refractivity contribution < 1.29 is 0 Å². The summed E-state index contributed by atoms with van der Waals surface area (Å²) >= 11 is 2.70. The molecule has 0 aliphatic rings. The molecule has 8 heteroatoms. The highest BCUT2D eigenvalue weighted by Crippen LogP contribution is 2.24. The van der Waals surface area contributed by atoms with Gasteiger partial charge in [0.15, 0.2) is 11.6 Å². The zero-order valence-corrected chi connectivity index (χ0v) is 11.7. The standard InChI is InChI=1S/C11H11N5OS2/c1-6-5-19-11(17)16(6)4-8-13-9(15-12)7-2-3-18-10(7)14-8/h2-3,5H,4,12H2,1H3,(H,13,14,15). The Hall–Kier alpha value is -1.77. The maximum absolute atomic E-state index is 11.7. The molecule has 0 aliphatic heterocycles. The highest BCUT2D eigenvalue weighted by molar-refractivity contribution is 7.16. The summed E-state index contributed by atoms with van der Waals surface area (Å²) in [5.74, 6) is 6.64. The quantitative estimate of drug-likeness (QED) is 0.565. The second-order valence-electron chi connectivity index (χ2n) is 4.00. The number of fused-ring (bicyclic) bond motifs is 1. The van der Waals surface area contributed by atoms with Gasteiger partial charge in [0.25, 0.3) is 0 Å². The van der Waals surface area contributed by atoms with Crippen molar-refractivity contribution in [1.29, 1.82) is 0 Å². The van der Waals surface area contributed by atoms with Crippen LogP contribution in [0.5, 0.6) is 0 Å². The lowest BCUT2D eigenvalue weighted by Gasteiger charge is -2.06. The fourth-order valence-corrected chi connectivity index (χ4v) is 3.34. The van der Waals surface area contributed by atoms with E-state index in [-0.39, 0.29) is 4.87 Å². The first kappa shape index (κ1) is 12.3. The Kier molecular flexibility index (Phi) is 3.05. The molecule has 0 bridgehead atoms. The average molecular weight is 293 g/mol. The number of aryl methyl sites for hydroxylation is 1. The molecule has 3 heterocycles. The van der Waals surface area contributed by atoms with Crippen LogP contribution in [0.3, 0.4) is 0 Å². The van der Waals surface area contributed by atoms with E-state index in [1.54, 1.807) is 4.57 Å². The zero-order chi connectivity index (χ0) is 13.4. The van der Waals surface area contributed by atoms with E-state index in [2.05, 4.69) is 15.4 Å². The maximum Gasteiger partial charge on any atom is 0.307 e. The van der Waals surface area contributed by atoms with Gasteiger partial charge in [-0.05, 0) is 18.4 Å². The van der Waals surface area contributed by atoms with Gasteiger partial charge in [0.05, 0.1) is 11.9 Å². The summed E-state index contributed by atoms with van der Waals surface area (Å²) in [5, 5.41) is 4.66. The molecule has 0 fully saturated rings. The lowest BCUT2D eigenvalue weighted by atomic mass is 10.3. The highest BCUT2D eigenvalue weighted by atomic mass is 32.1. The van der Waals surface area contributed by atoms with Crippen molar-refractivity contribution in [3.8, 4) is 0 Å². The Labute approximate surface area is 116 Å². The summed E-state index contributed by atoms with van der Waals surface area (Å²) in [6, 6.07) is 1.92.